The monoisotopic (exact) mass is 265 g/mol. The molecule has 1 saturated carbocycles. The summed E-state index contributed by atoms with van der Waals surface area (Å²) in [5.41, 5.74) is 1.25. The fourth-order valence-corrected chi connectivity index (χ4v) is 3.36. The SMILES string of the molecule is CCNC(Cc1ccoc1)C1(OC)CCCCCC1. The molecule has 0 amide bonds. The summed E-state index contributed by atoms with van der Waals surface area (Å²) in [6.07, 6.45) is 12.2. The number of hydrogen-bond donors (Lipinski definition) is 1. The number of hydrogen-bond acceptors (Lipinski definition) is 3. The summed E-state index contributed by atoms with van der Waals surface area (Å²) in [4.78, 5) is 0. The van der Waals surface area contributed by atoms with Crippen molar-refractivity contribution in [3.63, 3.8) is 0 Å². The van der Waals surface area contributed by atoms with Gasteiger partial charge in [-0.15, -0.1) is 0 Å². The molecule has 1 aliphatic rings. The van der Waals surface area contributed by atoms with Crippen molar-refractivity contribution in [2.75, 3.05) is 13.7 Å². The Morgan fingerprint density at radius 2 is 2.05 bits per heavy atom. The van der Waals surface area contributed by atoms with E-state index in [1.165, 1.54) is 44.1 Å². The summed E-state index contributed by atoms with van der Waals surface area (Å²) in [6.45, 7) is 3.15. The van der Waals surface area contributed by atoms with E-state index >= 15 is 0 Å². The van der Waals surface area contributed by atoms with Gasteiger partial charge in [0.2, 0.25) is 0 Å². The van der Waals surface area contributed by atoms with Gasteiger partial charge in [-0.1, -0.05) is 32.6 Å². The summed E-state index contributed by atoms with van der Waals surface area (Å²) in [5, 5.41) is 3.64. The first kappa shape index (κ1) is 14.6. The lowest BCUT2D eigenvalue weighted by atomic mass is 9.83. The van der Waals surface area contributed by atoms with Gasteiger partial charge in [-0.05, 0) is 37.4 Å². The Kier molecular flexibility index (Phi) is 5.46. The molecule has 1 aliphatic carbocycles. The van der Waals surface area contributed by atoms with E-state index in [0.717, 1.165) is 13.0 Å². The molecule has 1 unspecified atom stereocenters. The van der Waals surface area contributed by atoms with Crippen LogP contribution in [0.3, 0.4) is 0 Å². The number of ether oxygens (including phenoxy) is 1. The van der Waals surface area contributed by atoms with Crippen molar-refractivity contribution in [1.82, 2.24) is 5.32 Å². The molecule has 1 fully saturated rings. The van der Waals surface area contributed by atoms with Crippen LogP contribution in [-0.2, 0) is 11.2 Å². The minimum atomic E-state index is -0.0101. The standard InChI is InChI=1S/C16H27NO2/c1-3-17-15(12-14-8-11-19-13-14)16(18-2)9-6-4-5-7-10-16/h8,11,13,15,17H,3-7,9-10,12H2,1-2H3. The highest BCUT2D eigenvalue weighted by atomic mass is 16.5. The molecule has 0 saturated heterocycles. The van der Waals surface area contributed by atoms with Crippen molar-refractivity contribution in [2.24, 2.45) is 0 Å². The molecule has 0 aromatic carbocycles. The van der Waals surface area contributed by atoms with Crippen molar-refractivity contribution in [2.45, 2.75) is 63.5 Å². The molecular formula is C16H27NO2. The zero-order valence-electron chi connectivity index (χ0n) is 12.3. The van der Waals surface area contributed by atoms with Crippen molar-refractivity contribution < 1.29 is 9.15 Å². The van der Waals surface area contributed by atoms with E-state index < -0.39 is 0 Å². The zero-order chi connectivity index (χ0) is 13.6. The van der Waals surface area contributed by atoms with Crippen LogP contribution in [0.2, 0.25) is 0 Å². The minimum absolute atomic E-state index is 0.0101. The second-order valence-corrected chi connectivity index (χ2v) is 5.63. The van der Waals surface area contributed by atoms with Crippen LogP contribution in [0.5, 0.6) is 0 Å². The van der Waals surface area contributed by atoms with E-state index in [-0.39, 0.29) is 5.60 Å². The summed E-state index contributed by atoms with van der Waals surface area (Å²) in [7, 11) is 1.88. The van der Waals surface area contributed by atoms with Crippen molar-refractivity contribution in [3.8, 4) is 0 Å². The number of likely N-dealkylation sites (N-methyl/N-ethyl adjacent to an activating group) is 1. The van der Waals surface area contributed by atoms with Crippen LogP contribution in [0.25, 0.3) is 0 Å². The number of nitrogens with one attached hydrogen (secondary N) is 1. The van der Waals surface area contributed by atoms with Gasteiger partial charge in [-0.25, -0.2) is 0 Å². The van der Waals surface area contributed by atoms with Crippen LogP contribution in [0.4, 0.5) is 0 Å². The molecule has 2 rings (SSSR count). The Morgan fingerprint density at radius 3 is 2.58 bits per heavy atom. The number of furan rings is 1. The van der Waals surface area contributed by atoms with Gasteiger partial charge >= 0.3 is 0 Å². The van der Waals surface area contributed by atoms with E-state index in [4.69, 9.17) is 9.15 Å². The third kappa shape index (κ3) is 3.61. The summed E-state index contributed by atoms with van der Waals surface area (Å²) >= 11 is 0. The lowest BCUT2D eigenvalue weighted by molar-refractivity contribution is -0.0523. The van der Waals surface area contributed by atoms with Crippen LogP contribution in [0, 0.1) is 0 Å². The average Bonchev–Trinajstić information content (AvgIpc) is 2.81. The van der Waals surface area contributed by atoms with Crippen LogP contribution < -0.4 is 5.32 Å². The van der Waals surface area contributed by atoms with E-state index in [0.29, 0.717) is 6.04 Å². The van der Waals surface area contributed by atoms with Gasteiger partial charge in [0.25, 0.3) is 0 Å². The normalized spacial score (nSPS) is 20.9. The lowest BCUT2D eigenvalue weighted by Crippen LogP contribution is -2.53. The topological polar surface area (TPSA) is 34.4 Å². The molecule has 0 aliphatic heterocycles. The highest BCUT2D eigenvalue weighted by molar-refractivity contribution is 5.10. The predicted octanol–water partition coefficient (Wildman–Crippen LogP) is 3.54. The Labute approximate surface area is 116 Å². The summed E-state index contributed by atoms with van der Waals surface area (Å²) in [5.74, 6) is 0. The van der Waals surface area contributed by atoms with Crippen LogP contribution in [0.15, 0.2) is 23.0 Å². The van der Waals surface area contributed by atoms with Gasteiger partial charge in [0.1, 0.15) is 0 Å². The Balaban J connectivity index is 2.13. The van der Waals surface area contributed by atoms with Gasteiger partial charge in [0.05, 0.1) is 18.1 Å². The largest absolute Gasteiger partial charge is 0.472 e. The molecule has 1 aromatic heterocycles. The maximum absolute atomic E-state index is 6.03. The molecule has 1 atom stereocenters. The fraction of sp³-hybridized carbons (Fsp3) is 0.750. The molecule has 108 valence electrons. The van der Waals surface area contributed by atoms with Gasteiger partial charge in [0.15, 0.2) is 0 Å². The van der Waals surface area contributed by atoms with E-state index in [1.807, 2.05) is 13.4 Å². The number of methoxy groups -OCH3 is 1. The Morgan fingerprint density at radius 1 is 1.32 bits per heavy atom. The highest BCUT2D eigenvalue weighted by Crippen LogP contribution is 2.34. The second-order valence-electron chi connectivity index (χ2n) is 5.63. The molecule has 0 spiro atoms. The van der Waals surface area contributed by atoms with Gasteiger partial charge in [0, 0.05) is 13.2 Å². The van der Waals surface area contributed by atoms with E-state index in [2.05, 4.69) is 18.3 Å². The fourth-order valence-electron chi connectivity index (χ4n) is 3.36. The first-order valence-electron chi connectivity index (χ1n) is 7.60. The molecule has 3 heteroatoms. The van der Waals surface area contributed by atoms with Crippen molar-refractivity contribution in [3.05, 3.63) is 24.2 Å². The first-order chi connectivity index (χ1) is 9.30. The van der Waals surface area contributed by atoms with Crippen LogP contribution in [-0.4, -0.2) is 25.3 Å². The summed E-state index contributed by atoms with van der Waals surface area (Å²) in [6, 6.07) is 2.43. The van der Waals surface area contributed by atoms with Gasteiger partial charge in [-0.2, -0.15) is 0 Å². The molecule has 1 aromatic rings. The van der Waals surface area contributed by atoms with E-state index in [1.54, 1.807) is 6.26 Å². The minimum Gasteiger partial charge on any atom is -0.472 e. The lowest BCUT2D eigenvalue weighted by Gasteiger charge is -2.39. The Hall–Kier alpha value is -0.800. The molecule has 19 heavy (non-hydrogen) atoms. The van der Waals surface area contributed by atoms with Gasteiger partial charge < -0.3 is 14.5 Å². The second kappa shape index (κ2) is 7.11. The zero-order valence-corrected chi connectivity index (χ0v) is 12.3. The predicted molar refractivity (Wildman–Crippen MR) is 77.3 cm³/mol. The molecular weight excluding hydrogens is 238 g/mol. The van der Waals surface area contributed by atoms with Gasteiger partial charge in [-0.3, -0.25) is 0 Å². The van der Waals surface area contributed by atoms with E-state index in [9.17, 15) is 0 Å². The third-order valence-corrected chi connectivity index (χ3v) is 4.46. The quantitative estimate of drug-likeness (QED) is 0.799. The number of rotatable bonds is 6. The maximum Gasteiger partial charge on any atom is 0.0935 e. The van der Waals surface area contributed by atoms with Crippen molar-refractivity contribution in [1.29, 1.82) is 0 Å². The molecule has 0 bridgehead atoms. The smallest absolute Gasteiger partial charge is 0.0935 e. The molecule has 1 heterocycles. The first-order valence-corrected chi connectivity index (χ1v) is 7.60. The highest BCUT2D eigenvalue weighted by Gasteiger charge is 2.38. The van der Waals surface area contributed by atoms with Crippen LogP contribution in [0.1, 0.15) is 51.0 Å². The molecule has 1 N–H and O–H groups in total. The molecule has 0 radical (unpaired) electrons. The van der Waals surface area contributed by atoms with Crippen LogP contribution >= 0.6 is 0 Å². The average molecular weight is 265 g/mol. The summed E-state index contributed by atoms with van der Waals surface area (Å²) < 4.78 is 11.2. The maximum atomic E-state index is 6.03. The van der Waals surface area contributed by atoms with Crippen molar-refractivity contribution >= 4 is 0 Å². The molecule has 3 nitrogen and oxygen atoms in total. The third-order valence-electron chi connectivity index (χ3n) is 4.46. The Bertz CT molecular complexity index is 340.